The van der Waals surface area contributed by atoms with E-state index < -0.39 is 0 Å². The SMILES string of the molecule is Cc1ccc(C2=NOC(CNCc3cc4cnccc4[nH]3)C2)cc1. The van der Waals surface area contributed by atoms with Gasteiger partial charge in [-0.2, -0.15) is 0 Å². The fourth-order valence-electron chi connectivity index (χ4n) is 2.95. The van der Waals surface area contributed by atoms with Crippen LogP contribution in [-0.2, 0) is 11.4 Å². The Morgan fingerprint density at radius 1 is 1.25 bits per heavy atom. The molecule has 1 aromatic carbocycles. The van der Waals surface area contributed by atoms with Crippen LogP contribution in [0.4, 0.5) is 0 Å². The first-order valence-corrected chi connectivity index (χ1v) is 8.20. The molecule has 5 nitrogen and oxygen atoms in total. The van der Waals surface area contributed by atoms with Crippen molar-refractivity contribution in [1.29, 1.82) is 0 Å². The highest BCUT2D eigenvalue weighted by molar-refractivity contribution is 6.01. The number of pyridine rings is 1. The summed E-state index contributed by atoms with van der Waals surface area (Å²) in [6.07, 6.45) is 4.60. The van der Waals surface area contributed by atoms with Crippen LogP contribution in [0.2, 0.25) is 0 Å². The third-order valence-electron chi connectivity index (χ3n) is 4.28. The lowest BCUT2D eigenvalue weighted by Crippen LogP contribution is -2.26. The summed E-state index contributed by atoms with van der Waals surface area (Å²) < 4.78 is 0. The lowest BCUT2D eigenvalue weighted by atomic mass is 10.0. The van der Waals surface area contributed by atoms with Crippen LogP contribution in [0, 0.1) is 6.92 Å². The van der Waals surface area contributed by atoms with Gasteiger partial charge in [-0.05, 0) is 24.6 Å². The van der Waals surface area contributed by atoms with Crippen LogP contribution in [-0.4, -0.2) is 28.3 Å². The predicted octanol–water partition coefficient (Wildman–Crippen LogP) is 3.15. The van der Waals surface area contributed by atoms with E-state index in [1.165, 1.54) is 5.56 Å². The molecule has 0 fully saturated rings. The van der Waals surface area contributed by atoms with Crippen molar-refractivity contribution in [2.45, 2.75) is 26.0 Å². The van der Waals surface area contributed by atoms with Crippen molar-refractivity contribution in [2.75, 3.05) is 6.54 Å². The minimum Gasteiger partial charge on any atom is -0.390 e. The smallest absolute Gasteiger partial charge is 0.145 e. The van der Waals surface area contributed by atoms with Crippen molar-refractivity contribution in [3.63, 3.8) is 0 Å². The minimum absolute atomic E-state index is 0.0901. The predicted molar refractivity (Wildman–Crippen MR) is 95.0 cm³/mol. The van der Waals surface area contributed by atoms with Gasteiger partial charge in [0.1, 0.15) is 6.10 Å². The van der Waals surface area contributed by atoms with Gasteiger partial charge in [-0.1, -0.05) is 35.0 Å². The van der Waals surface area contributed by atoms with Crippen LogP contribution >= 0.6 is 0 Å². The molecule has 2 aromatic heterocycles. The molecule has 5 heteroatoms. The van der Waals surface area contributed by atoms with Crippen molar-refractivity contribution < 1.29 is 4.84 Å². The van der Waals surface area contributed by atoms with Gasteiger partial charge in [0.25, 0.3) is 0 Å². The molecule has 2 N–H and O–H groups in total. The van der Waals surface area contributed by atoms with Crippen LogP contribution in [0.25, 0.3) is 10.9 Å². The fourth-order valence-corrected chi connectivity index (χ4v) is 2.95. The largest absolute Gasteiger partial charge is 0.390 e. The molecule has 3 aromatic rings. The van der Waals surface area contributed by atoms with Gasteiger partial charge >= 0.3 is 0 Å². The van der Waals surface area contributed by atoms with Crippen LogP contribution in [0.15, 0.2) is 53.9 Å². The number of nitrogens with one attached hydrogen (secondary N) is 2. The Labute approximate surface area is 140 Å². The van der Waals surface area contributed by atoms with E-state index in [4.69, 9.17) is 4.84 Å². The molecular weight excluding hydrogens is 300 g/mol. The van der Waals surface area contributed by atoms with Gasteiger partial charge in [-0.15, -0.1) is 0 Å². The first kappa shape index (κ1) is 14.9. The van der Waals surface area contributed by atoms with E-state index in [1.54, 1.807) is 6.20 Å². The Morgan fingerprint density at radius 2 is 2.12 bits per heavy atom. The molecule has 0 amide bonds. The number of hydrogen-bond acceptors (Lipinski definition) is 4. The van der Waals surface area contributed by atoms with E-state index in [2.05, 4.69) is 57.7 Å². The molecule has 0 saturated heterocycles. The number of fused-ring (bicyclic) bond motifs is 1. The Hall–Kier alpha value is -2.66. The maximum absolute atomic E-state index is 5.55. The van der Waals surface area contributed by atoms with E-state index in [0.29, 0.717) is 0 Å². The molecule has 0 radical (unpaired) electrons. The van der Waals surface area contributed by atoms with Gasteiger partial charge in [0.05, 0.1) is 5.71 Å². The zero-order valence-electron chi connectivity index (χ0n) is 13.6. The number of aromatic amines is 1. The highest BCUT2D eigenvalue weighted by atomic mass is 16.6. The van der Waals surface area contributed by atoms with Gasteiger partial charge < -0.3 is 15.1 Å². The molecule has 1 unspecified atom stereocenters. The molecular formula is C19H20N4O. The monoisotopic (exact) mass is 320 g/mol. The van der Waals surface area contributed by atoms with E-state index in [0.717, 1.165) is 47.4 Å². The average molecular weight is 320 g/mol. The molecule has 0 bridgehead atoms. The fraction of sp³-hybridized carbons (Fsp3) is 0.263. The maximum Gasteiger partial charge on any atom is 0.145 e. The minimum atomic E-state index is 0.0901. The average Bonchev–Trinajstić information content (AvgIpc) is 3.22. The third kappa shape index (κ3) is 3.16. The number of H-pyrrole nitrogens is 1. The third-order valence-corrected chi connectivity index (χ3v) is 4.28. The van der Waals surface area contributed by atoms with Crippen molar-refractivity contribution in [3.05, 3.63) is 65.6 Å². The first-order valence-electron chi connectivity index (χ1n) is 8.20. The summed E-state index contributed by atoms with van der Waals surface area (Å²) in [5.41, 5.74) is 5.69. The summed E-state index contributed by atoms with van der Waals surface area (Å²) in [6.45, 7) is 3.63. The molecule has 0 aliphatic carbocycles. The van der Waals surface area contributed by atoms with Gasteiger partial charge in [0, 0.05) is 48.5 Å². The molecule has 1 aliphatic rings. The summed E-state index contributed by atoms with van der Waals surface area (Å²) in [5, 5.41) is 8.81. The van der Waals surface area contributed by atoms with Crippen LogP contribution in [0.5, 0.6) is 0 Å². The number of hydrogen-bond donors (Lipinski definition) is 2. The second kappa shape index (κ2) is 6.45. The number of aryl methyl sites for hydroxylation is 1. The van der Waals surface area contributed by atoms with Crippen LogP contribution < -0.4 is 5.32 Å². The summed E-state index contributed by atoms with van der Waals surface area (Å²) in [7, 11) is 0. The molecule has 1 atom stereocenters. The van der Waals surface area contributed by atoms with E-state index in [9.17, 15) is 0 Å². The second-order valence-corrected chi connectivity index (χ2v) is 6.22. The van der Waals surface area contributed by atoms with Crippen molar-refractivity contribution in [3.8, 4) is 0 Å². The highest BCUT2D eigenvalue weighted by Crippen LogP contribution is 2.17. The maximum atomic E-state index is 5.55. The zero-order valence-corrected chi connectivity index (χ0v) is 13.6. The lowest BCUT2D eigenvalue weighted by Gasteiger charge is -2.09. The molecule has 3 heterocycles. The summed E-state index contributed by atoms with van der Waals surface area (Å²) in [6, 6.07) is 12.5. The van der Waals surface area contributed by atoms with Crippen molar-refractivity contribution in [1.82, 2.24) is 15.3 Å². The van der Waals surface area contributed by atoms with Crippen molar-refractivity contribution >= 4 is 16.6 Å². The Kier molecular flexibility index (Phi) is 4.01. The summed E-state index contributed by atoms with van der Waals surface area (Å²) >= 11 is 0. The first-order chi connectivity index (χ1) is 11.8. The lowest BCUT2D eigenvalue weighted by molar-refractivity contribution is 0.0848. The number of rotatable bonds is 5. The Bertz CT molecular complexity index is 833. The summed E-state index contributed by atoms with van der Waals surface area (Å²) in [5.74, 6) is 0. The van der Waals surface area contributed by atoms with E-state index in [-0.39, 0.29) is 6.10 Å². The number of benzene rings is 1. The number of oxime groups is 1. The van der Waals surface area contributed by atoms with Gasteiger partial charge in [0.2, 0.25) is 0 Å². The molecule has 0 spiro atoms. The summed E-state index contributed by atoms with van der Waals surface area (Å²) in [4.78, 5) is 13.1. The van der Waals surface area contributed by atoms with Crippen LogP contribution in [0.1, 0.15) is 23.2 Å². The van der Waals surface area contributed by atoms with Crippen LogP contribution in [0.3, 0.4) is 0 Å². The number of aromatic nitrogens is 2. The zero-order chi connectivity index (χ0) is 16.4. The molecule has 0 saturated carbocycles. The molecule has 4 rings (SSSR count). The quantitative estimate of drug-likeness (QED) is 0.759. The van der Waals surface area contributed by atoms with Crippen molar-refractivity contribution in [2.24, 2.45) is 5.16 Å². The topological polar surface area (TPSA) is 62.3 Å². The Morgan fingerprint density at radius 3 is 2.96 bits per heavy atom. The van der Waals surface area contributed by atoms with E-state index in [1.807, 2.05) is 12.3 Å². The molecule has 1 aliphatic heterocycles. The standard InChI is InChI=1S/C19H20N4O/c1-13-2-4-14(5-3-13)19-9-17(24-23-19)12-21-11-16-8-15-10-20-7-6-18(15)22-16/h2-8,10,17,21-22H,9,11-12H2,1H3. The van der Waals surface area contributed by atoms with Gasteiger partial charge in [-0.3, -0.25) is 4.98 Å². The second-order valence-electron chi connectivity index (χ2n) is 6.22. The highest BCUT2D eigenvalue weighted by Gasteiger charge is 2.21. The molecule has 122 valence electrons. The molecule has 24 heavy (non-hydrogen) atoms. The number of nitrogens with zero attached hydrogens (tertiary/aromatic N) is 2. The van der Waals surface area contributed by atoms with Gasteiger partial charge in [-0.25, -0.2) is 0 Å². The van der Waals surface area contributed by atoms with E-state index >= 15 is 0 Å². The van der Waals surface area contributed by atoms with Gasteiger partial charge in [0.15, 0.2) is 0 Å². The Balaban J connectivity index is 1.29. The normalized spacial score (nSPS) is 17.0.